The summed E-state index contributed by atoms with van der Waals surface area (Å²) in [5.41, 5.74) is -0.545. The number of pyridine rings is 1. The molecule has 1 aromatic heterocycles. The standard InChI is InChI=1S/C27H28ClF4N3O3/c1-38-17-2-3-22-18(14-17)24(19(28)15-34-22)20(30)4-5-27(26(36)37)6-9-35(10-7-27)11-8-33-23-13-16(29)12-21(31)25(23)32/h2-3,12-15,20,33H,4-11H2,1H3,(H,36,37). The molecule has 3 aromatic rings. The summed E-state index contributed by atoms with van der Waals surface area (Å²) in [5, 5.41) is 13.4. The van der Waals surface area contributed by atoms with Crippen molar-refractivity contribution >= 4 is 34.2 Å². The molecule has 1 aliphatic rings. The number of anilines is 1. The van der Waals surface area contributed by atoms with E-state index in [4.69, 9.17) is 16.3 Å². The highest BCUT2D eigenvalue weighted by molar-refractivity contribution is 6.32. The largest absolute Gasteiger partial charge is 0.497 e. The lowest BCUT2D eigenvalue weighted by molar-refractivity contribution is -0.153. The number of carboxylic acids is 1. The summed E-state index contributed by atoms with van der Waals surface area (Å²) < 4.78 is 61.4. The predicted molar refractivity (Wildman–Crippen MR) is 137 cm³/mol. The van der Waals surface area contributed by atoms with Crippen molar-refractivity contribution in [2.45, 2.75) is 31.9 Å². The first-order valence-electron chi connectivity index (χ1n) is 12.2. The second-order valence-electron chi connectivity index (χ2n) is 9.51. The second-order valence-corrected chi connectivity index (χ2v) is 9.92. The monoisotopic (exact) mass is 553 g/mol. The topological polar surface area (TPSA) is 74.7 Å². The number of rotatable bonds is 10. The zero-order valence-corrected chi connectivity index (χ0v) is 21.5. The SMILES string of the molecule is COc1ccc2ncc(Cl)c(C(F)CCC3(C(=O)O)CCN(CCNc4cc(F)cc(F)c4F)CC3)c2c1. The van der Waals surface area contributed by atoms with E-state index in [0.29, 0.717) is 55.2 Å². The predicted octanol–water partition coefficient (Wildman–Crippen LogP) is 6.38. The number of aliphatic carboxylic acids is 1. The molecule has 2 N–H and O–H groups in total. The molecule has 1 saturated heterocycles. The number of nitrogens with one attached hydrogen (secondary N) is 1. The fraction of sp³-hybridized carbons (Fsp3) is 0.407. The molecule has 0 aliphatic carbocycles. The molecule has 0 saturated carbocycles. The number of fused-ring (bicyclic) bond motifs is 1. The maximum atomic E-state index is 15.6. The summed E-state index contributed by atoms with van der Waals surface area (Å²) in [5.74, 6) is -3.77. The maximum Gasteiger partial charge on any atom is 0.309 e. The van der Waals surface area contributed by atoms with Crippen LogP contribution in [0.15, 0.2) is 36.5 Å². The van der Waals surface area contributed by atoms with Crippen molar-refractivity contribution < 1.29 is 32.2 Å². The summed E-state index contributed by atoms with van der Waals surface area (Å²) in [6.07, 6.45) is 0.580. The summed E-state index contributed by atoms with van der Waals surface area (Å²) >= 11 is 6.31. The molecular formula is C27H28ClF4N3O3. The molecule has 2 heterocycles. The van der Waals surface area contributed by atoms with E-state index in [2.05, 4.69) is 10.3 Å². The van der Waals surface area contributed by atoms with Crippen molar-refractivity contribution in [3.63, 3.8) is 0 Å². The number of carboxylic acid groups (broad SMARTS) is 1. The van der Waals surface area contributed by atoms with Crippen LogP contribution >= 0.6 is 11.6 Å². The molecule has 0 bridgehead atoms. The van der Waals surface area contributed by atoms with Crippen molar-refractivity contribution in [3.8, 4) is 5.75 Å². The van der Waals surface area contributed by atoms with Gasteiger partial charge in [0, 0.05) is 42.4 Å². The van der Waals surface area contributed by atoms with Gasteiger partial charge in [-0.25, -0.2) is 17.6 Å². The smallest absolute Gasteiger partial charge is 0.309 e. The van der Waals surface area contributed by atoms with Crippen LogP contribution in [0.4, 0.5) is 23.2 Å². The summed E-state index contributed by atoms with van der Waals surface area (Å²) in [6, 6.07) is 6.45. The summed E-state index contributed by atoms with van der Waals surface area (Å²) in [4.78, 5) is 18.5. The molecule has 38 heavy (non-hydrogen) atoms. The van der Waals surface area contributed by atoms with Gasteiger partial charge in [-0.05, 0) is 57.0 Å². The van der Waals surface area contributed by atoms with E-state index in [0.717, 1.165) is 6.07 Å². The molecule has 4 rings (SSSR count). The molecule has 204 valence electrons. The number of carbonyl (C=O) groups is 1. The Kier molecular flexibility index (Phi) is 8.62. The Morgan fingerprint density at radius 2 is 1.97 bits per heavy atom. The van der Waals surface area contributed by atoms with E-state index < -0.39 is 35.0 Å². The number of nitrogens with zero attached hydrogens (tertiary/aromatic N) is 2. The summed E-state index contributed by atoms with van der Waals surface area (Å²) in [6.45, 7) is 1.49. The van der Waals surface area contributed by atoms with Crippen molar-refractivity contribution in [3.05, 3.63) is 64.6 Å². The number of alkyl halides is 1. The molecule has 1 aliphatic heterocycles. The van der Waals surface area contributed by atoms with Crippen LogP contribution in [0.5, 0.6) is 5.75 Å². The van der Waals surface area contributed by atoms with Gasteiger partial charge >= 0.3 is 5.97 Å². The minimum atomic E-state index is -1.50. The highest BCUT2D eigenvalue weighted by Crippen LogP contribution is 2.42. The molecule has 0 radical (unpaired) electrons. The van der Waals surface area contributed by atoms with Gasteiger partial charge in [-0.2, -0.15) is 0 Å². The van der Waals surface area contributed by atoms with E-state index in [-0.39, 0.29) is 35.7 Å². The lowest BCUT2D eigenvalue weighted by atomic mass is 9.74. The number of hydrogen-bond acceptors (Lipinski definition) is 5. The highest BCUT2D eigenvalue weighted by atomic mass is 35.5. The molecule has 1 unspecified atom stereocenters. The third-order valence-corrected chi connectivity index (χ3v) is 7.56. The molecule has 11 heteroatoms. The quantitative estimate of drug-likeness (QED) is 0.224. The van der Waals surface area contributed by atoms with Gasteiger partial charge in [0.1, 0.15) is 17.7 Å². The number of halogens is 5. The normalized spacial score (nSPS) is 16.4. The van der Waals surface area contributed by atoms with Crippen LogP contribution in [0.25, 0.3) is 10.9 Å². The zero-order valence-electron chi connectivity index (χ0n) is 20.7. The first-order chi connectivity index (χ1) is 18.1. The minimum absolute atomic E-state index is 0.0334. The fourth-order valence-corrected chi connectivity index (χ4v) is 5.24. The van der Waals surface area contributed by atoms with Gasteiger partial charge in [-0.3, -0.25) is 9.78 Å². The molecule has 6 nitrogen and oxygen atoms in total. The Balaban J connectivity index is 1.37. The van der Waals surface area contributed by atoms with Crippen molar-refractivity contribution in [1.82, 2.24) is 9.88 Å². The van der Waals surface area contributed by atoms with E-state index in [1.807, 2.05) is 4.90 Å². The third-order valence-electron chi connectivity index (χ3n) is 7.26. The van der Waals surface area contributed by atoms with Crippen LogP contribution in [-0.4, -0.2) is 54.2 Å². The number of ether oxygens (including phenoxy) is 1. The number of aromatic nitrogens is 1. The van der Waals surface area contributed by atoms with Gasteiger partial charge in [0.15, 0.2) is 11.6 Å². The van der Waals surface area contributed by atoms with Crippen molar-refractivity contribution in [2.24, 2.45) is 5.41 Å². The molecular weight excluding hydrogens is 526 g/mol. The van der Waals surface area contributed by atoms with Gasteiger partial charge in [-0.15, -0.1) is 0 Å². The third kappa shape index (κ3) is 5.96. The van der Waals surface area contributed by atoms with E-state index >= 15 is 4.39 Å². The van der Waals surface area contributed by atoms with Gasteiger partial charge in [0.05, 0.1) is 28.8 Å². The molecule has 0 amide bonds. The Labute approximate surface area is 222 Å². The van der Waals surface area contributed by atoms with Crippen LogP contribution in [0.3, 0.4) is 0 Å². The number of hydrogen-bond donors (Lipinski definition) is 2. The minimum Gasteiger partial charge on any atom is -0.497 e. The highest BCUT2D eigenvalue weighted by Gasteiger charge is 2.41. The number of methoxy groups -OCH3 is 1. The second kappa shape index (κ2) is 11.7. The molecule has 2 aromatic carbocycles. The fourth-order valence-electron chi connectivity index (χ4n) is 4.97. The number of piperidine rings is 1. The van der Waals surface area contributed by atoms with Crippen LogP contribution in [0.1, 0.15) is 37.4 Å². The Morgan fingerprint density at radius 3 is 2.66 bits per heavy atom. The lowest BCUT2D eigenvalue weighted by Gasteiger charge is -2.39. The maximum absolute atomic E-state index is 15.6. The molecule has 1 fully saturated rings. The van der Waals surface area contributed by atoms with Crippen LogP contribution in [0, 0.1) is 22.9 Å². The van der Waals surface area contributed by atoms with Gasteiger partial charge in [-0.1, -0.05) is 11.6 Å². The Morgan fingerprint density at radius 1 is 1.24 bits per heavy atom. The zero-order chi connectivity index (χ0) is 27.4. The summed E-state index contributed by atoms with van der Waals surface area (Å²) in [7, 11) is 1.50. The average Bonchev–Trinajstić information content (AvgIpc) is 2.90. The van der Waals surface area contributed by atoms with E-state index in [1.165, 1.54) is 13.3 Å². The molecule has 0 spiro atoms. The number of likely N-dealkylation sites (tertiary alicyclic amines) is 1. The van der Waals surface area contributed by atoms with Gasteiger partial charge in [0.2, 0.25) is 0 Å². The number of benzene rings is 2. The Hall–Kier alpha value is -3.11. The van der Waals surface area contributed by atoms with Crippen LogP contribution in [-0.2, 0) is 4.79 Å². The van der Waals surface area contributed by atoms with E-state index in [9.17, 15) is 23.1 Å². The molecule has 1 atom stereocenters. The van der Waals surface area contributed by atoms with Crippen LogP contribution in [0.2, 0.25) is 5.02 Å². The van der Waals surface area contributed by atoms with Crippen molar-refractivity contribution in [1.29, 1.82) is 0 Å². The van der Waals surface area contributed by atoms with E-state index in [1.54, 1.807) is 18.2 Å². The first-order valence-corrected chi connectivity index (χ1v) is 12.6. The van der Waals surface area contributed by atoms with Crippen molar-refractivity contribution in [2.75, 3.05) is 38.6 Å². The van der Waals surface area contributed by atoms with Gasteiger partial charge in [0.25, 0.3) is 0 Å². The lowest BCUT2D eigenvalue weighted by Crippen LogP contribution is -2.45. The first kappa shape index (κ1) is 27.9. The van der Waals surface area contributed by atoms with Gasteiger partial charge < -0.3 is 20.1 Å². The average molecular weight is 554 g/mol. The van der Waals surface area contributed by atoms with Crippen LogP contribution < -0.4 is 10.1 Å². The Bertz CT molecular complexity index is 1320.